The predicted octanol–water partition coefficient (Wildman–Crippen LogP) is 4.68. The van der Waals surface area contributed by atoms with E-state index in [0.29, 0.717) is 5.92 Å². The Balaban J connectivity index is 3.51. The lowest BCUT2D eigenvalue weighted by atomic mass is 10.1. The topological polar surface area (TPSA) is 39.7 Å². The zero-order valence-corrected chi connectivity index (χ0v) is 18.5. The van der Waals surface area contributed by atoms with E-state index in [1.54, 1.807) is 17.8 Å². The second kappa shape index (κ2) is 12.6. The largest absolute Gasteiger partial charge is 0.356 e. The molecular weight excluding hydrogens is 352 g/mol. The summed E-state index contributed by atoms with van der Waals surface area (Å²) < 4.78 is 0. The minimum Gasteiger partial charge on any atom is -0.356 e. The molecule has 0 amide bonds. The fourth-order valence-electron chi connectivity index (χ4n) is 3.08. The summed E-state index contributed by atoms with van der Waals surface area (Å²) in [6.07, 6.45) is 8.82. The molecule has 1 unspecified atom stereocenters. The van der Waals surface area contributed by atoms with Gasteiger partial charge in [0.25, 0.3) is 0 Å². The Morgan fingerprint density at radius 2 is 2.07 bits per heavy atom. The van der Waals surface area contributed by atoms with Crippen LogP contribution in [0.2, 0.25) is 0 Å². The third kappa shape index (κ3) is 6.74. The van der Waals surface area contributed by atoms with Crippen molar-refractivity contribution >= 4 is 17.6 Å². The van der Waals surface area contributed by atoms with Crippen molar-refractivity contribution in [3.63, 3.8) is 0 Å². The van der Waals surface area contributed by atoms with Crippen LogP contribution in [-0.4, -0.2) is 43.2 Å². The van der Waals surface area contributed by atoms with E-state index in [1.807, 2.05) is 32.2 Å². The van der Waals surface area contributed by atoms with Crippen LogP contribution in [0.5, 0.6) is 0 Å². The first-order chi connectivity index (χ1) is 13.1. The summed E-state index contributed by atoms with van der Waals surface area (Å²) in [6, 6.07) is 0. The average Bonchev–Trinajstić information content (AvgIpc) is 2.78. The van der Waals surface area contributed by atoms with Crippen molar-refractivity contribution in [1.82, 2.24) is 15.5 Å². The molecule has 1 aliphatic heterocycles. The quantitative estimate of drug-likeness (QED) is 0.570. The standard InChI is InChI=1S/C22H36N4S/c1-8-13-20-19(11-4)24-21(18(10-3)22(25-20)27-12-5)26(14-9-2)16-17(6)15-23-7/h8,10-11,13,17,23,25H,1,3,9,12,14-16H2,2,4-7H3/b19-11+,20-13+. The lowest BCUT2D eigenvalue weighted by molar-refractivity contribution is 0.346. The zero-order valence-electron chi connectivity index (χ0n) is 17.6. The summed E-state index contributed by atoms with van der Waals surface area (Å²) in [6.45, 7) is 19.5. The highest BCUT2D eigenvalue weighted by atomic mass is 32.2. The molecule has 0 bridgehead atoms. The monoisotopic (exact) mass is 388 g/mol. The first-order valence-corrected chi connectivity index (χ1v) is 10.8. The Hall–Kier alpha value is -1.72. The van der Waals surface area contributed by atoms with Crippen molar-refractivity contribution < 1.29 is 0 Å². The Kier molecular flexibility index (Phi) is 10.9. The Labute approximate surface area is 170 Å². The normalized spacial score (nSPS) is 18.8. The van der Waals surface area contributed by atoms with Gasteiger partial charge in [0.2, 0.25) is 0 Å². The third-order valence-electron chi connectivity index (χ3n) is 4.16. The maximum Gasteiger partial charge on any atom is 0.139 e. The van der Waals surface area contributed by atoms with Crippen LogP contribution in [0.3, 0.4) is 0 Å². The van der Waals surface area contributed by atoms with Crippen molar-refractivity contribution in [3.05, 3.63) is 59.5 Å². The van der Waals surface area contributed by atoms with E-state index in [2.05, 4.69) is 49.5 Å². The molecule has 0 fully saturated rings. The van der Waals surface area contributed by atoms with Gasteiger partial charge in [-0.25, -0.2) is 4.99 Å². The molecule has 0 spiro atoms. The number of allylic oxidation sites excluding steroid dienone is 3. The number of thioether (sulfide) groups is 1. The van der Waals surface area contributed by atoms with Crippen molar-refractivity contribution in [2.24, 2.45) is 10.9 Å². The minimum atomic E-state index is 0.519. The summed E-state index contributed by atoms with van der Waals surface area (Å²) in [4.78, 5) is 7.47. The Bertz CT molecular complexity index is 628. The molecule has 27 heavy (non-hydrogen) atoms. The highest BCUT2D eigenvalue weighted by molar-refractivity contribution is 8.03. The van der Waals surface area contributed by atoms with Gasteiger partial charge >= 0.3 is 0 Å². The summed E-state index contributed by atoms with van der Waals surface area (Å²) >= 11 is 1.78. The van der Waals surface area contributed by atoms with Crippen molar-refractivity contribution in [2.45, 2.75) is 34.1 Å². The molecule has 0 aliphatic carbocycles. The van der Waals surface area contributed by atoms with Gasteiger partial charge in [-0.2, -0.15) is 0 Å². The molecule has 1 aliphatic rings. The van der Waals surface area contributed by atoms with Gasteiger partial charge in [-0.05, 0) is 44.7 Å². The zero-order chi connectivity index (χ0) is 20.2. The molecule has 0 saturated heterocycles. The SMILES string of the molecule is C=C/C=C1/NC(SCC)=C(C=C)C(N(CCC)CC(C)CNC)=N/C1=C/C. The summed E-state index contributed by atoms with van der Waals surface area (Å²) in [7, 11) is 2.00. The molecule has 0 aromatic heterocycles. The fraction of sp³-hybridized carbons (Fsp3) is 0.500. The average molecular weight is 389 g/mol. The van der Waals surface area contributed by atoms with E-state index in [0.717, 1.165) is 59.6 Å². The third-order valence-corrected chi connectivity index (χ3v) is 5.06. The van der Waals surface area contributed by atoms with E-state index < -0.39 is 0 Å². The number of rotatable bonds is 10. The van der Waals surface area contributed by atoms with Gasteiger partial charge in [0.15, 0.2) is 0 Å². The van der Waals surface area contributed by atoms with E-state index in [1.165, 1.54) is 0 Å². The first-order valence-electron chi connectivity index (χ1n) is 9.80. The molecule has 0 aromatic rings. The van der Waals surface area contributed by atoms with Gasteiger partial charge in [-0.15, -0.1) is 11.8 Å². The molecule has 4 nitrogen and oxygen atoms in total. The smallest absolute Gasteiger partial charge is 0.139 e. The van der Waals surface area contributed by atoms with Gasteiger partial charge in [0.05, 0.1) is 16.4 Å². The molecule has 2 N–H and O–H groups in total. The van der Waals surface area contributed by atoms with Crippen LogP contribution in [0.1, 0.15) is 34.1 Å². The van der Waals surface area contributed by atoms with E-state index in [-0.39, 0.29) is 0 Å². The number of aliphatic imine (C=N–C) groups is 1. The van der Waals surface area contributed by atoms with Crippen LogP contribution in [0, 0.1) is 5.92 Å². The van der Waals surface area contributed by atoms with Crippen LogP contribution >= 0.6 is 11.8 Å². The molecule has 0 saturated carbocycles. The molecule has 1 atom stereocenters. The second-order valence-corrected chi connectivity index (χ2v) is 7.81. The van der Waals surface area contributed by atoms with Crippen LogP contribution in [0.25, 0.3) is 0 Å². The molecule has 150 valence electrons. The maximum atomic E-state index is 5.07. The van der Waals surface area contributed by atoms with Crippen LogP contribution in [0.15, 0.2) is 64.5 Å². The summed E-state index contributed by atoms with van der Waals surface area (Å²) in [5.74, 6) is 2.49. The van der Waals surface area contributed by atoms with E-state index >= 15 is 0 Å². The molecule has 1 rings (SSSR count). The molecule has 5 heteroatoms. The Morgan fingerprint density at radius 3 is 2.59 bits per heavy atom. The van der Waals surface area contributed by atoms with Gasteiger partial charge in [0, 0.05) is 18.7 Å². The molecule has 0 aromatic carbocycles. The highest BCUT2D eigenvalue weighted by Gasteiger charge is 2.24. The Morgan fingerprint density at radius 1 is 1.33 bits per heavy atom. The molecular formula is C22H36N4S. The number of hydrogen-bond acceptors (Lipinski definition) is 5. The first kappa shape index (κ1) is 23.3. The summed E-state index contributed by atoms with van der Waals surface area (Å²) in [5.41, 5.74) is 2.97. The minimum absolute atomic E-state index is 0.519. The van der Waals surface area contributed by atoms with Gasteiger partial charge in [-0.1, -0.05) is 52.2 Å². The van der Waals surface area contributed by atoms with E-state index in [9.17, 15) is 0 Å². The van der Waals surface area contributed by atoms with Crippen molar-refractivity contribution in [2.75, 3.05) is 32.4 Å². The second-order valence-electron chi connectivity index (χ2n) is 6.54. The predicted molar refractivity (Wildman–Crippen MR) is 123 cm³/mol. The highest BCUT2D eigenvalue weighted by Crippen LogP contribution is 2.28. The van der Waals surface area contributed by atoms with E-state index in [4.69, 9.17) is 4.99 Å². The fourth-order valence-corrected chi connectivity index (χ4v) is 3.88. The van der Waals surface area contributed by atoms with Gasteiger partial charge in [-0.3, -0.25) is 0 Å². The van der Waals surface area contributed by atoms with Crippen LogP contribution in [-0.2, 0) is 0 Å². The number of hydrogen-bond donors (Lipinski definition) is 2. The number of nitrogens with zero attached hydrogens (tertiary/aromatic N) is 2. The maximum absolute atomic E-state index is 5.07. The van der Waals surface area contributed by atoms with Gasteiger partial charge in [0.1, 0.15) is 5.84 Å². The molecule has 0 radical (unpaired) electrons. The summed E-state index contributed by atoms with van der Waals surface area (Å²) in [5, 5.41) is 7.94. The number of nitrogens with one attached hydrogen (secondary N) is 2. The van der Waals surface area contributed by atoms with Crippen LogP contribution in [0.4, 0.5) is 0 Å². The lowest BCUT2D eigenvalue weighted by Gasteiger charge is -2.29. The lowest BCUT2D eigenvalue weighted by Crippen LogP contribution is -2.38. The van der Waals surface area contributed by atoms with Crippen molar-refractivity contribution in [3.8, 4) is 0 Å². The van der Waals surface area contributed by atoms with Crippen LogP contribution < -0.4 is 10.6 Å². The van der Waals surface area contributed by atoms with Gasteiger partial charge < -0.3 is 15.5 Å². The number of amidine groups is 1. The van der Waals surface area contributed by atoms with Crippen molar-refractivity contribution in [1.29, 1.82) is 0 Å². The molecule has 1 heterocycles.